The second-order valence-electron chi connectivity index (χ2n) is 4.10. The molecule has 2 aromatic rings. The van der Waals surface area contributed by atoms with E-state index in [0.29, 0.717) is 11.6 Å². The van der Waals surface area contributed by atoms with E-state index in [2.05, 4.69) is 27.3 Å². The topological polar surface area (TPSA) is 35.8 Å². The molecule has 4 heteroatoms. The number of nitrogens with zero attached hydrogens (tertiary/aromatic N) is 1. The van der Waals surface area contributed by atoms with Crippen LogP contribution < -0.4 is 5.32 Å². The molecule has 1 unspecified atom stereocenters. The molecule has 1 N–H and O–H groups in total. The first kappa shape index (κ1) is 13.9. The standard InChI is InChI=1S/C15H12BrClN2/c16-13-6-7-15(14(17)8-13)19-10-12(9-18)11-4-2-1-3-5-11/h1-8,12,19H,10H2. The fourth-order valence-electron chi connectivity index (χ4n) is 1.77. The molecule has 0 saturated carbocycles. The molecule has 0 aliphatic heterocycles. The summed E-state index contributed by atoms with van der Waals surface area (Å²) in [5.74, 6) is -0.194. The summed E-state index contributed by atoms with van der Waals surface area (Å²) in [6.45, 7) is 0.530. The first-order chi connectivity index (χ1) is 9.20. The summed E-state index contributed by atoms with van der Waals surface area (Å²) in [5, 5.41) is 13.1. The number of rotatable bonds is 4. The molecule has 0 radical (unpaired) electrons. The Kier molecular flexibility index (Phi) is 4.84. The van der Waals surface area contributed by atoms with Gasteiger partial charge in [-0.25, -0.2) is 0 Å². The molecule has 2 nitrogen and oxygen atoms in total. The van der Waals surface area contributed by atoms with Gasteiger partial charge in [0.1, 0.15) is 0 Å². The number of hydrogen-bond donors (Lipinski definition) is 1. The third kappa shape index (κ3) is 3.73. The van der Waals surface area contributed by atoms with E-state index in [1.54, 1.807) is 0 Å². The van der Waals surface area contributed by atoms with Crippen LogP contribution in [0.5, 0.6) is 0 Å². The smallest absolute Gasteiger partial charge is 0.0885 e. The Balaban J connectivity index is 2.07. The van der Waals surface area contributed by atoms with Crippen molar-refractivity contribution < 1.29 is 0 Å². The Labute approximate surface area is 126 Å². The first-order valence-corrected chi connectivity index (χ1v) is 7.01. The maximum atomic E-state index is 9.24. The second kappa shape index (κ2) is 6.60. The summed E-state index contributed by atoms with van der Waals surface area (Å²) in [6.07, 6.45) is 0. The predicted molar refractivity (Wildman–Crippen MR) is 82.4 cm³/mol. The monoisotopic (exact) mass is 334 g/mol. The van der Waals surface area contributed by atoms with Crippen LogP contribution in [-0.4, -0.2) is 6.54 Å². The molecule has 0 fully saturated rings. The average Bonchev–Trinajstić information content (AvgIpc) is 2.43. The maximum Gasteiger partial charge on any atom is 0.0885 e. The van der Waals surface area contributed by atoms with Crippen molar-refractivity contribution in [1.29, 1.82) is 5.26 Å². The summed E-state index contributed by atoms with van der Waals surface area (Å²) in [7, 11) is 0. The van der Waals surface area contributed by atoms with Gasteiger partial charge >= 0.3 is 0 Å². The van der Waals surface area contributed by atoms with Crippen molar-refractivity contribution in [3.05, 3.63) is 63.6 Å². The van der Waals surface area contributed by atoms with Gasteiger partial charge in [-0.15, -0.1) is 0 Å². The molecular weight excluding hydrogens is 324 g/mol. The molecular formula is C15H12BrClN2. The molecule has 1 atom stereocenters. The lowest BCUT2D eigenvalue weighted by molar-refractivity contribution is 0.901. The molecule has 0 heterocycles. The van der Waals surface area contributed by atoms with Crippen molar-refractivity contribution in [2.24, 2.45) is 0 Å². The van der Waals surface area contributed by atoms with Gasteiger partial charge in [-0.05, 0) is 23.8 Å². The zero-order valence-electron chi connectivity index (χ0n) is 10.1. The summed E-state index contributed by atoms with van der Waals surface area (Å²) in [6, 6.07) is 17.7. The van der Waals surface area contributed by atoms with Crippen LogP contribution in [0, 0.1) is 11.3 Å². The molecule has 0 spiro atoms. The van der Waals surface area contributed by atoms with Gasteiger partial charge in [0.15, 0.2) is 0 Å². The molecule has 19 heavy (non-hydrogen) atoms. The highest BCUT2D eigenvalue weighted by Gasteiger charge is 2.10. The average molecular weight is 336 g/mol. The summed E-state index contributed by atoms with van der Waals surface area (Å²) >= 11 is 9.49. The van der Waals surface area contributed by atoms with Crippen LogP contribution in [0.2, 0.25) is 5.02 Å². The number of anilines is 1. The van der Waals surface area contributed by atoms with Crippen LogP contribution in [0.1, 0.15) is 11.5 Å². The Morgan fingerprint density at radius 2 is 1.95 bits per heavy atom. The molecule has 0 saturated heterocycles. The number of nitriles is 1. The zero-order chi connectivity index (χ0) is 13.7. The molecule has 0 amide bonds. The second-order valence-corrected chi connectivity index (χ2v) is 5.42. The van der Waals surface area contributed by atoms with Crippen molar-refractivity contribution in [2.45, 2.75) is 5.92 Å². The molecule has 96 valence electrons. The number of hydrogen-bond acceptors (Lipinski definition) is 2. The molecule has 0 aromatic heterocycles. The van der Waals surface area contributed by atoms with E-state index >= 15 is 0 Å². The minimum absolute atomic E-state index is 0.194. The molecule has 0 bridgehead atoms. The van der Waals surface area contributed by atoms with Crippen molar-refractivity contribution in [3.63, 3.8) is 0 Å². The third-order valence-electron chi connectivity index (χ3n) is 2.79. The van der Waals surface area contributed by atoms with Crippen LogP contribution >= 0.6 is 27.5 Å². The van der Waals surface area contributed by atoms with Gasteiger partial charge in [-0.1, -0.05) is 57.9 Å². The van der Waals surface area contributed by atoms with Gasteiger partial charge in [0.2, 0.25) is 0 Å². The van der Waals surface area contributed by atoms with Crippen molar-refractivity contribution in [3.8, 4) is 6.07 Å². The predicted octanol–water partition coefficient (Wildman–Crippen LogP) is 4.82. The minimum Gasteiger partial charge on any atom is -0.382 e. The summed E-state index contributed by atoms with van der Waals surface area (Å²) in [5.41, 5.74) is 1.84. The highest BCUT2D eigenvalue weighted by Crippen LogP contribution is 2.26. The molecule has 2 aromatic carbocycles. The van der Waals surface area contributed by atoms with Crippen LogP contribution in [0.4, 0.5) is 5.69 Å². The Morgan fingerprint density at radius 3 is 2.58 bits per heavy atom. The van der Waals surface area contributed by atoms with Crippen LogP contribution in [0.3, 0.4) is 0 Å². The van der Waals surface area contributed by atoms with E-state index in [9.17, 15) is 5.26 Å². The number of halogens is 2. The van der Waals surface area contributed by atoms with Gasteiger partial charge in [0, 0.05) is 11.0 Å². The Hall–Kier alpha value is -1.50. The van der Waals surface area contributed by atoms with Crippen molar-refractivity contribution in [1.82, 2.24) is 0 Å². The summed E-state index contributed by atoms with van der Waals surface area (Å²) in [4.78, 5) is 0. The highest BCUT2D eigenvalue weighted by molar-refractivity contribution is 9.10. The molecule has 2 rings (SSSR count). The lowest BCUT2D eigenvalue weighted by Crippen LogP contribution is -2.11. The van der Waals surface area contributed by atoms with E-state index in [1.165, 1.54) is 0 Å². The van der Waals surface area contributed by atoms with E-state index in [4.69, 9.17) is 11.6 Å². The molecule has 0 aliphatic rings. The number of nitrogens with one attached hydrogen (secondary N) is 1. The first-order valence-electron chi connectivity index (χ1n) is 5.84. The van der Waals surface area contributed by atoms with E-state index in [-0.39, 0.29) is 5.92 Å². The Bertz CT molecular complexity index is 593. The van der Waals surface area contributed by atoms with Gasteiger partial charge in [-0.2, -0.15) is 5.26 Å². The molecule has 0 aliphatic carbocycles. The lowest BCUT2D eigenvalue weighted by atomic mass is 10.0. The fraction of sp³-hybridized carbons (Fsp3) is 0.133. The zero-order valence-corrected chi connectivity index (χ0v) is 12.4. The fourth-order valence-corrected chi connectivity index (χ4v) is 2.51. The maximum absolute atomic E-state index is 9.24. The van der Waals surface area contributed by atoms with Gasteiger partial charge in [0.05, 0.1) is 22.7 Å². The lowest BCUT2D eigenvalue weighted by Gasteiger charge is -2.13. The third-order valence-corrected chi connectivity index (χ3v) is 3.59. The van der Waals surface area contributed by atoms with Crippen LogP contribution in [0.15, 0.2) is 53.0 Å². The minimum atomic E-state index is -0.194. The van der Waals surface area contributed by atoms with Crippen molar-refractivity contribution in [2.75, 3.05) is 11.9 Å². The van der Waals surface area contributed by atoms with Gasteiger partial charge < -0.3 is 5.32 Å². The quantitative estimate of drug-likeness (QED) is 0.869. The van der Waals surface area contributed by atoms with Crippen LogP contribution in [-0.2, 0) is 0 Å². The number of benzene rings is 2. The SMILES string of the molecule is N#CC(CNc1ccc(Br)cc1Cl)c1ccccc1. The highest BCUT2D eigenvalue weighted by atomic mass is 79.9. The van der Waals surface area contributed by atoms with E-state index in [1.807, 2.05) is 48.5 Å². The van der Waals surface area contributed by atoms with Crippen LogP contribution in [0.25, 0.3) is 0 Å². The van der Waals surface area contributed by atoms with Gasteiger partial charge in [-0.3, -0.25) is 0 Å². The van der Waals surface area contributed by atoms with Gasteiger partial charge in [0.25, 0.3) is 0 Å². The normalized spacial score (nSPS) is 11.6. The Morgan fingerprint density at radius 1 is 1.21 bits per heavy atom. The largest absolute Gasteiger partial charge is 0.382 e. The van der Waals surface area contributed by atoms with E-state index < -0.39 is 0 Å². The summed E-state index contributed by atoms with van der Waals surface area (Å²) < 4.78 is 0.933. The van der Waals surface area contributed by atoms with Crippen molar-refractivity contribution >= 4 is 33.2 Å². The van der Waals surface area contributed by atoms with E-state index in [0.717, 1.165) is 15.7 Å².